The molecule has 3 aromatic heterocycles. The number of halogens is 2. The van der Waals surface area contributed by atoms with E-state index < -0.39 is 23.3 Å². The van der Waals surface area contributed by atoms with Crippen LogP contribution in [0, 0.1) is 28.4 Å². The van der Waals surface area contributed by atoms with Gasteiger partial charge in [0, 0.05) is 54.1 Å². The summed E-state index contributed by atoms with van der Waals surface area (Å²) < 4.78 is 42.9. The van der Waals surface area contributed by atoms with E-state index in [0.29, 0.717) is 16.9 Å². The molecular formula is C29H27F2N7O3S. The normalized spacial score (nSPS) is 17.7. The number of rotatable bonds is 3. The number of amides is 1. The predicted molar refractivity (Wildman–Crippen MR) is 153 cm³/mol. The third kappa shape index (κ3) is 4.16. The van der Waals surface area contributed by atoms with E-state index in [1.54, 1.807) is 27.0 Å². The Kier molecular flexibility index (Phi) is 5.92. The zero-order valence-electron chi connectivity index (χ0n) is 23.5. The molecule has 1 amide bonds. The minimum atomic E-state index is -0.794. The van der Waals surface area contributed by atoms with Gasteiger partial charge in [0.25, 0.3) is 0 Å². The third-order valence-electron chi connectivity index (χ3n) is 7.87. The first-order chi connectivity index (χ1) is 20.0. The summed E-state index contributed by atoms with van der Waals surface area (Å²) in [5.74, 6) is -0.895. The number of ether oxygens (including phenoxy) is 2. The molecule has 1 N–H and O–H groups in total. The minimum absolute atomic E-state index is 0.0326. The molecule has 4 aromatic rings. The van der Waals surface area contributed by atoms with Crippen LogP contribution in [0.2, 0.25) is 0 Å². The summed E-state index contributed by atoms with van der Waals surface area (Å²) in [7, 11) is 2.09. The van der Waals surface area contributed by atoms with Crippen LogP contribution in [-0.4, -0.2) is 64.8 Å². The summed E-state index contributed by atoms with van der Waals surface area (Å²) in [6.45, 7) is 9.09. The van der Waals surface area contributed by atoms with E-state index >= 15 is 8.78 Å². The highest BCUT2D eigenvalue weighted by atomic mass is 32.1. The molecule has 0 radical (unpaired) electrons. The molecule has 42 heavy (non-hydrogen) atoms. The zero-order valence-corrected chi connectivity index (χ0v) is 24.3. The number of nitrogens with zero attached hydrogens (tertiary/aromatic N) is 6. The van der Waals surface area contributed by atoms with Gasteiger partial charge in [-0.15, -0.1) is 11.3 Å². The molecule has 1 spiro atoms. The number of aromatic nitrogens is 3. The third-order valence-corrected chi connectivity index (χ3v) is 8.98. The van der Waals surface area contributed by atoms with Crippen LogP contribution in [0.15, 0.2) is 12.4 Å². The van der Waals surface area contributed by atoms with Gasteiger partial charge >= 0.3 is 6.09 Å². The van der Waals surface area contributed by atoms with E-state index in [9.17, 15) is 10.1 Å². The molecule has 0 aliphatic carbocycles. The van der Waals surface area contributed by atoms with Gasteiger partial charge in [-0.25, -0.2) is 23.5 Å². The Morgan fingerprint density at radius 1 is 1.17 bits per heavy atom. The van der Waals surface area contributed by atoms with Gasteiger partial charge in [0.15, 0.2) is 11.6 Å². The fourth-order valence-electron chi connectivity index (χ4n) is 6.36. The molecular weight excluding hydrogens is 564 g/mol. The maximum absolute atomic E-state index is 16.6. The first kappa shape index (κ1) is 26.9. The number of thiophene rings is 1. The van der Waals surface area contributed by atoms with Crippen molar-refractivity contribution >= 4 is 49.4 Å². The second kappa shape index (κ2) is 9.26. The Morgan fingerprint density at radius 2 is 1.90 bits per heavy atom. The largest absolute Gasteiger partial charge is 0.444 e. The monoisotopic (exact) mass is 591 g/mol. The summed E-state index contributed by atoms with van der Waals surface area (Å²) in [4.78, 5) is 30.3. The maximum Gasteiger partial charge on any atom is 0.412 e. The summed E-state index contributed by atoms with van der Waals surface area (Å²) in [6, 6.07) is 2.05. The molecule has 13 heteroatoms. The lowest BCUT2D eigenvalue weighted by Gasteiger charge is -2.59. The standard InChI is InChI=1S/C29H27F2N7O3S/c1-28(2,3)41-27(39)36-25-14(5-32)20-23(33-7-18(30)24(20)42-25)19-17-9-40-8-16(17)15-6-34-26(35-22(15)21(19)31)38-12-29(13-38)10-37(4)11-29/h6-7H,8-13H2,1-4H3,(H,36,39). The van der Waals surface area contributed by atoms with Crippen molar-refractivity contribution in [3.63, 3.8) is 0 Å². The Labute approximate surface area is 243 Å². The number of carbonyl (C=O) groups is 1. The highest BCUT2D eigenvalue weighted by molar-refractivity contribution is 7.23. The van der Waals surface area contributed by atoms with Crippen molar-refractivity contribution in [3.05, 3.63) is 40.7 Å². The number of pyridine rings is 1. The van der Waals surface area contributed by atoms with E-state index in [2.05, 4.69) is 38.3 Å². The van der Waals surface area contributed by atoms with Gasteiger partial charge < -0.3 is 19.3 Å². The number of hydrogen-bond donors (Lipinski definition) is 1. The van der Waals surface area contributed by atoms with Gasteiger partial charge in [-0.1, -0.05) is 0 Å². The molecule has 10 nitrogen and oxygen atoms in total. The minimum Gasteiger partial charge on any atom is -0.444 e. The number of carbonyl (C=O) groups excluding carboxylic acids is 1. The molecule has 7 rings (SSSR count). The van der Waals surface area contributed by atoms with Crippen LogP contribution in [0.1, 0.15) is 37.5 Å². The van der Waals surface area contributed by atoms with E-state index in [-0.39, 0.29) is 56.1 Å². The van der Waals surface area contributed by atoms with Crippen LogP contribution in [0.5, 0.6) is 0 Å². The molecule has 0 bridgehead atoms. The first-order valence-electron chi connectivity index (χ1n) is 13.5. The lowest BCUT2D eigenvalue weighted by Crippen LogP contribution is -2.71. The van der Waals surface area contributed by atoms with Crippen molar-refractivity contribution in [3.8, 4) is 17.3 Å². The first-order valence-corrected chi connectivity index (χ1v) is 14.3. The van der Waals surface area contributed by atoms with Gasteiger partial charge in [0.05, 0.1) is 35.4 Å². The van der Waals surface area contributed by atoms with Gasteiger partial charge in [-0.05, 0) is 38.9 Å². The summed E-state index contributed by atoms with van der Waals surface area (Å²) in [5.41, 5.74) is 1.00. The van der Waals surface area contributed by atoms with E-state index in [1.165, 1.54) is 0 Å². The number of hydrogen-bond acceptors (Lipinski definition) is 10. The second-order valence-corrected chi connectivity index (χ2v) is 13.3. The Balaban J connectivity index is 1.37. The highest BCUT2D eigenvalue weighted by Crippen LogP contribution is 2.46. The molecule has 2 fully saturated rings. The SMILES string of the molecule is CN1CC2(C1)CN(c1ncc3c4c(c(-c5ncc(F)c6sc(NC(=O)OC(C)(C)C)c(C#N)c56)c(F)c3n1)COC4)C2. The highest BCUT2D eigenvalue weighted by Gasteiger charge is 2.51. The molecule has 0 atom stereocenters. The number of benzene rings is 1. The lowest BCUT2D eigenvalue weighted by molar-refractivity contribution is -0.00321. The van der Waals surface area contributed by atoms with Crippen molar-refractivity contribution in [2.75, 3.05) is 43.4 Å². The molecule has 216 valence electrons. The number of fused-ring (bicyclic) bond motifs is 4. The van der Waals surface area contributed by atoms with E-state index in [1.807, 2.05) is 4.90 Å². The van der Waals surface area contributed by atoms with Crippen LogP contribution in [0.25, 0.3) is 32.2 Å². The van der Waals surface area contributed by atoms with Crippen LogP contribution < -0.4 is 10.2 Å². The Hall–Kier alpha value is -3.99. The smallest absolute Gasteiger partial charge is 0.412 e. The van der Waals surface area contributed by atoms with Crippen LogP contribution in [0.3, 0.4) is 0 Å². The summed E-state index contributed by atoms with van der Waals surface area (Å²) in [5, 5.41) is 13.4. The summed E-state index contributed by atoms with van der Waals surface area (Å²) >= 11 is 0.867. The fraction of sp³-hybridized carbons (Fsp3) is 0.414. The van der Waals surface area contributed by atoms with Gasteiger partial charge in [0.1, 0.15) is 22.2 Å². The fourth-order valence-corrected chi connectivity index (χ4v) is 7.40. The van der Waals surface area contributed by atoms with Gasteiger partial charge in [-0.3, -0.25) is 10.3 Å². The Bertz CT molecular complexity index is 1850. The Morgan fingerprint density at radius 3 is 2.60 bits per heavy atom. The van der Waals surface area contributed by atoms with Gasteiger partial charge in [0.2, 0.25) is 5.95 Å². The van der Waals surface area contributed by atoms with Crippen molar-refractivity contribution in [2.24, 2.45) is 5.41 Å². The molecule has 3 aliphatic heterocycles. The molecule has 1 aromatic carbocycles. The van der Waals surface area contributed by atoms with Crippen molar-refractivity contribution < 1.29 is 23.0 Å². The van der Waals surface area contributed by atoms with Crippen LogP contribution in [-0.2, 0) is 22.7 Å². The van der Waals surface area contributed by atoms with Crippen LogP contribution in [0.4, 0.5) is 24.5 Å². The number of nitrogens with one attached hydrogen (secondary N) is 1. The lowest BCUT2D eigenvalue weighted by atomic mass is 9.73. The van der Waals surface area contributed by atoms with Gasteiger partial charge in [-0.2, -0.15) is 5.26 Å². The maximum atomic E-state index is 16.6. The van der Waals surface area contributed by atoms with Crippen molar-refractivity contribution in [1.82, 2.24) is 19.9 Å². The van der Waals surface area contributed by atoms with E-state index in [0.717, 1.165) is 49.3 Å². The molecule has 0 unspecified atom stereocenters. The molecule has 3 aliphatic rings. The van der Waals surface area contributed by atoms with Crippen molar-refractivity contribution in [1.29, 1.82) is 5.26 Å². The molecule has 6 heterocycles. The summed E-state index contributed by atoms with van der Waals surface area (Å²) in [6.07, 6.45) is 1.84. The van der Waals surface area contributed by atoms with Crippen molar-refractivity contribution in [2.45, 2.75) is 39.6 Å². The zero-order chi connectivity index (χ0) is 29.6. The average Bonchev–Trinajstić information content (AvgIpc) is 3.50. The number of likely N-dealkylation sites (tertiary alicyclic amines) is 1. The number of anilines is 2. The van der Waals surface area contributed by atoms with Crippen LogP contribution >= 0.6 is 11.3 Å². The molecule has 0 saturated carbocycles. The number of nitriles is 1. The average molecular weight is 592 g/mol. The van der Waals surface area contributed by atoms with E-state index in [4.69, 9.17) is 9.47 Å². The molecule has 2 saturated heterocycles. The quantitative estimate of drug-likeness (QED) is 0.344. The topological polar surface area (TPSA) is 116 Å². The second-order valence-electron chi connectivity index (χ2n) is 12.3. The predicted octanol–water partition coefficient (Wildman–Crippen LogP) is 5.19.